The number of aryl methyl sites for hydroxylation is 1. The Labute approximate surface area is 169 Å². The predicted molar refractivity (Wildman–Crippen MR) is 112 cm³/mol. The van der Waals surface area contributed by atoms with E-state index in [1.807, 2.05) is 66.9 Å². The Kier molecular flexibility index (Phi) is 5.85. The minimum Gasteiger partial charge on any atom is -0.359 e. The molecule has 1 aromatic heterocycles. The Morgan fingerprint density at radius 3 is 2.50 bits per heavy atom. The van der Waals surface area contributed by atoms with Gasteiger partial charge in [-0.25, -0.2) is 0 Å². The third-order valence-electron chi connectivity index (χ3n) is 4.64. The van der Waals surface area contributed by atoms with Gasteiger partial charge in [0.25, 0.3) is 5.91 Å². The normalized spacial score (nSPS) is 10.6. The average molecular weight is 396 g/mol. The Bertz CT molecular complexity index is 1040. The van der Waals surface area contributed by atoms with E-state index in [2.05, 4.69) is 10.6 Å². The lowest BCUT2D eigenvalue weighted by Gasteiger charge is -2.12. The molecule has 1 heterocycles. The summed E-state index contributed by atoms with van der Waals surface area (Å²) in [5, 5.41) is 6.18. The molecule has 28 heavy (non-hydrogen) atoms. The van der Waals surface area contributed by atoms with E-state index in [4.69, 9.17) is 11.6 Å². The maximum absolute atomic E-state index is 13.0. The fourth-order valence-electron chi connectivity index (χ4n) is 3.25. The molecule has 0 fully saturated rings. The van der Waals surface area contributed by atoms with Crippen molar-refractivity contribution in [1.29, 1.82) is 0 Å². The fourth-order valence-corrected chi connectivity index (χ4v) is 3.44. The largest absolute Gasteiger partial charge is 0.359 e. The summed E-state index contributed by atoms with van der Waals surface area (Å²) >= 11 is 6.12. The highest BCUT2D eigenvalue weighted by Crippen LogP contribution is 2.24. The number of amides is 2. The molecule has 2 aromatic carbocycles. The summed E-state index contributed by atoms with van der Waals surface area (Å²) in [5.41, 5.74) is 4.63. The minimum absolute atomic E-state index is 0.110. The second-order valence-corrected chi connectivity index (χ2v) is 7.00. The number of aromatic nitrogens is 1. The predicted octanol–water partition coefficient (Wildman–Crippen LogP) is 4.29. The molecule has 0 radical (unpaired) electrons. The lowest BCUT2D eigenvalue weighted by atomic mass is 10.1. The Hall–Kier alpha value is -3.05. The second-order valence-electron chi connectivity index (χ2n) is 6.56. The molecule has 5 nitrogen and oxygen atoms in total. The highest BCUT2D eigenvalue weighted by atomic mass is 35.5. The summed E-state index contributed by atoms with van der Waals surface area (Å²) in [6.45, 7) is 3.85. The third-order valence-corrected chi connectivity index (χ3v) is 4.87. The number of anilines is 1. The van der Waals surface area contributed by atoms with Gasteiger partial charge < -0.3 is 15.2 Å². The number of hydrogen-bond donors (Lipinski definition) is 2. The van der Waals surface area contributed by atoms with Crippen molar-refractivity contribution in [3.05, 3.63) is 82.1 Å². The fraction of sp³-hybridized carbons (Fsp3) is 0.182. The van der Waals surface area contributed by atoms with Gasteiger partial charge in [-0.1, -0.05) is 35.9 Å². The number of benzene rings is 2. The first kappa shape index (κ1) is 19.7. The molecule has 3 aromatic rings. The minimum atomic E-state index is -0.217. The van der Waals surface area contributed by atoms with E-state index in [0.717, 1.165) is 22.6 Å². The van der Waals surface area contributed by atoms with E-state index in [1.165, 1.54) is 0 Å². The first-order chi connectivity index (χ1) is 13.4. The molecular weight excluding hydrogens is 374 g/mol. The summed E-state index contributed by atoms with van der Waals surface area (Å²) in [7, 11) is 1.59. The number of hydrogen-bond acceptors (Lipinski definition) is 2. The second kappa shape index (κ2) is 8.31. The molecule has 6 heteroatoms. The lowest BCUT2D eigenvalue weighted by Crippen LogP contribution is -2.21. The molecular formula is C22H22ClN3O2. The van der Waals surface area contributed by atoms with E-state index in [0.29, 0.717) is 16.3 Å². The highest BCUT2D eigenvalue weighted by molar-refractivity contribution is 6.30. The zero-order chi connectivity index (χ0) is 20.3. The smallest absolute Gasteiger partial charge is 0.257 e. The van der Waals surface area contributed by atoms with Crippen LogP contribution in [-0.4, -0.2) is 23.4 Å². The number of halogens is 1. The van der Waals surface area contributed by atoms with E-state index in [-0.39, 0.29) is 18.2 Å². The van der Waals surface area contributed by atoms with E-state index >= 15 is 0 Å². The zero-order valence-electron chi connectivity index (χ0n) is 16.0. The van der Waals surface area contributed by atoms with Crippen molar-refractivity contribution in [3.8, 4) is 5.69 Å². The van der Waals surface area contributed by atoms with Crippen LogP contribution in [0.4, 0.5) is 5.69 Å². The van der Waals surface area contributed by atoms with Crippen LogP contribution < -0.4 is 10.6 Å². The molecule has 0 saturated carbocycles. The van der Waals surface area contributed by atoms with Crippen LogP contribution in [0.25, 0.3) is 5.69 Å². The highest BCUT2D eigenvalue weighted by Gasteiger charge is 2.18. The molecule has 2 amide bonds. The number of nitrogens with one attached hydrogen (secondary N) is 2. The quantitative estimate of drug-likeness (QED) is 0.677. The molecule has 0 aliphatic heterocycles. The summed E-state index contributed by atoms with van der Waals surface area (Å²) in [4.78, 5) is 24.7. The van der Waals surface area contributed by atoms with Gasteiger partial charge in [-0.15, -0.1) is 0 Å². The molecule has 0 aliphatic rings. The van der Waals surface area contributed by atoms with Crippen LogP contribution in [0.2, 0.25) is 5.02 Å². The van der Waals surface area contributed by atoms with Crippen LogP contribution in [0.1, 0.15) is 27.3 Å². The molecule has 0 spiro atoms. The molecule has 2 N–H and O–H groups in total. The number of carbonyl (C=O) groups is 2. The maximum Gasteiger partial charge on any atom is 0.257 e. The van der Waals surface area contributed by atoms with Gasteiger partial charge in [0.2, 0.25) is 5.91 Å². The average Bonchev–Trinajstić information content (AvgIpc) is 2.97. The molecule has 0 atom stereocenters. The van der Waals surface area contributed by atoms with Crippen molar-refractivity contribution in [3.63, 3.8) is 0 Å². The first-order valence-electron chi connectivity index (χ1n) is 8.95. The summed E-state index contributed by atoms with van der Waals surface area (Å²) in [6.07, 6.45) is 0.203. The van der Waals surface area contributed by atoms with E-state index < -0.39 is 0 Å². The first-order valence-corrected chi connectivity index (χ1v) is 9.33. The number of carbonyl (C=O) groups excluding carboxylic acids is 2. The van der Waals surface area contributed by atoms with Gasteiger partial charge in [-0.3, -0.25) is 9.59 Å². The van der Waals surface area contributed by atoms with Gasteiger partial charge in [-0.05, 0) is 49.7 Å². The monoisotopic (exact) mass is 395 g/mol. The van der Waals surface area contributed by atoms with Crippen molar-refractivity contribution in [1.82, 2.24) is 9.88 Å². The van der Waals surface area contributed by atoms with Crippen molar-refractivity contribution in [2.45, 2.75) is 20.3 Å². The van der Waals surface area contributed by atoms with Crippen molar-refractivity contribution in [2.75, 3.05) is 12.4 Å². The van der Waals surface area contributed by atoms with Gasteiger partial charge in [0.05, 0.1) is 12.0 Å². The Morgan fingerprint density at radius 2 is 1.79 bits per heavy atom. The molecule has 0 aliphatic carbocycles. The van der Waals surface area contributed by atoms with Crippen LogP contribution in [0.3, 0.4) is 0 Å². The molecule has 0 saturated heterocycles. The van der Waals surface area contributed by atoms with Crippen LogP contribution in [0, 0.1) is 13.8 Å². The van der Waals surface area contributed by atoms with E-state index in [1.54, 1.807) is 13.1 Å². The Balaban J connectivity index is 1.91. The molecule has 144 valence electrons. The number of rotatable bonds is 5. The van der Waals surface area contributed by atoms with Crippen molar-refractivity contribution in [2.24, 2.45) is 0 Å². The van der Waals surface area contributed by atoms with Crippen molar-refractivity contribution < 1.29 is 9.59 Å². The molecule has 0 unspecified atom stereocenters. The van der Waals surface area contributed by atoms with Gasteiger partial charge in [0.15, 0.2) is 0 Å². The summed E-state index contributed by atoms with van der Waals surface area (Å²) in [5.74, 6) is -0.327. The molecule has 3 rings (SSSR count). The van der Waals surface area contributed by atoms with Gasteiger partial charge >= 0.3 is 0 Å². The lowest BCUT2D eigenvalue weighted by molar-refractivity contribution is -0.119. The number of likely N-dealkylation sites (N-methyl/N-ethyl adjacent to an activating group) is 1. The number of nitrogens with zero attached hydrogens (tertiary/aromatic N) is 1. The SMILES string of the molecule is CNC(=O)Cc1ccccc1NC(=O)c1cc(C)n(-c2cccc(Cl)c2)c1C. The van der Waals surface area contributed by atoms with Crippen LogP contribution in [0.5, 0.6) is 0 Å². The maximum atomic E-state index is 13.0. The van der Waals surface area contributed by atoms with Crippen molar-refractivity contribution >= 4 is 29.1 Å². The van der Waals surface area contributed by atoms with E-state index in [9.17, 15) is 9.59 Å². The van der Waals surface area contributed by atoms with Gasteiger partial charge in [-0.2, -0.15) is 0 Å². The van der Waals surface area contributed by atoms with Crippen LogP contribution >= 0.6 is 11.6 Å². The summed E-state index contributed by atoms with van der Waals surface area (Å²) in [6, 6.07) is 16.7. The Morgan fingerprint density at radius 1 is 1.04 bits per heavy atom. The van der Waals surface area contributed by atoms with Gasteiger partial charge in [0.1, 0.15) is 0 Å². The summed E-state index contributed by atoms with van der Waals surface area (Å²) < 4.78 is 2.00. The van der Waals surface area contributed by atoms with Gasteiger partial charge in [0, 0.05) is 34.8 Å². The van der Waals surface area contributed by atoms with Crippen LogP contribution in [0.15, 0.2) is 54.6 Å². The zero-order valence-corrected chi connectivity index (χ0v) is 16.8. The molecule has 0 bridgehead atoms. The third kappa shape index (κ3) is 4.10. The topological polar surface area (TPSA) is 63.1 Å². The standard InChI is InChI=1S/C22H22ClN3O2/c1-14-11-19(15(2)26(14)18-9-6-8-17(23)13-18)22(28)25-20-10-5-4-7-16(20)12-21(27)24-3/h4-11,13H,12H2,1-3H3,(H,24,27)(H,25,28). The number of para-hydroxylation sites is 1. The van der Waals surface area contributed by atoms with Crippen LogP contribution in [-0.2, 0) is 11.2 Å².